The first-order valence-corrected chi connectivity index (χ1v) is 18.2. The van der Waals surface area contributed by atoms with Gasteiger partial charge in [0.1, 0.15) is 6.10 Å². The number of morpholine rings is 1. The van der Waals surface area contributed by atoms with Crippen LogP contribution in [0.2, 0.25) is 0 Å². The Hall–Kier alpha value is -0.460. The fourth-order valence-electron chi connectivity index (χ4n) is 13.2. The standard InChI is InChI=1S/C35H59NO6.O2S/c1-20-17-21(28(37)31(4,5)39)41-27-26(20)32(6)13-14-35-19-34(35)12-11-24(42-25-18-36(8)15-16-40-25)30(2,3)22(34)9-10-23(35)33(32,7)29(27)38;1-3-2/h20-29,37-39H,9-19H2,1-8H3;/t20-,21?,22+,23?,24?,25+,26+,27?,28+,29+,32-,33-,34-,35+;/m1./s1. The molecule has 0 aromatic heterocycles. The van der Waals surface area contributed by atoms with E-state index in [-0.39, 0.29) is 40.7 Å². The van der Waals surface area contributed by atoms with E-state index in [2.05, 4.69) is 46.6 Å². The van der Waals surface area contributed by atoms with Crippen LogP contribution in [0.25, 0.3) is 0 Å². The molecule has 2 aliphatic heterocycles. The molecule has 0 amide bonds. The molecule has 9 nitrogen and oxygen atoms in total. The molecule has 7 rings (SSSR count). The van der Waals surface area contributed by atoms with Crippen molar-refractivity contribution in [1.29, 1.82) is 0 Å². The summed E-state index contributed by atoms with van der Waals surface area (Å²) in [6, 6.07) is 0. The number of likely N-dealkylation sites (N-methyl/N-ethyl adjacent to an activating group) is 1. The van der Waals surface area contributed by atoms with Gasteiger partial charge in [0.25, 0.3) is 0 Å². The largest absolute Gasteiger partial charge is 0.390 e. The van der Waals surface area contributed by atoms with Crippen LogP contribution in [-0.4, -0.2) is 97.8 Å². The van der Waals surface area contributed by atoms with Gasteiger partial charge in [-0.1, -0.05) is 34.6 Å². The number of fused-ring (bicyclic) bond motifs is 4. The summed E-state index contributed by atoms with van der Waals surface area (Å²) in [6.45, 7) is 18.0. The molecule has 5 aliphatic carbocycles. The third kappa shape index (κ3) is 4.77. The molecule has 7 fully saturated rings. The smallest absolute Gasteiger partial charge is 0.335 e. The highest BCUT2D eigenvalue weighted by atomic mass is 32.1. The van der Waals surface area contributed by atoms with Crippen molar-refractivity contribution in [1.82, 2.24) is 4.90 Å². The fraction of sp³-hybridized carbons (Fsp3) is 1.00. The van der Waals surface area contributed by atoms with Crippen molar-refractivity contribution in [3.63, 3.8) is 0 Å². The maximum absolute atomic E-state index is 12.4. The molecule has 0 radical (unpaired) electrons. The Morgan fingerprint density at radius 1 is 1.02 bits per heavy atom. The van der Waals surface area contributed by atoms with E-state index in [1.807, 2.05) is 0 Å². The summed E-state index contributed by atoms with van der Waals surface area (Å²) < 4.78 is 36.1. The minimum Gasteiger partial charge on any atom is -0.390 e. The molecule has 7 aliphatic rings. The molecule has 14 atom stereocenters. The van der Waals surface area contributed by atoms with Gasteiger partial charge in [0.2, 0.25) is 0 Å². The van der Waals surface area contributed by atoms with E-state index < -0.39 is 35.5 Å². The lowest BCUT2D eigenvalue weighted by atomic mass is 9.41. The molecule has 2 spiro atoms. The lowest BCUT2D eigenvalue weighted by Gasteiger charge is -2.64. The summed E-state index contributed by atoms with van der Waals surface area (Å²) in [7, 11) is 2.15. The summed E-state index contributed by atoms with van der Waals surface area (Å²) in [6.07, 6.45) is 6.95. The van der Waals surface area contributed by atoms with Crippen molar-refractivity contribution in [2.24, 2.45) is 50.7 Å². The van der Waals surface area contributed by atoms with Crippen LogP contribution in [0.4, 0.5) is 0 Å². The first-order valence-electron chi connectivity index (χ1n) is 17.6. The van der Waals surface area contributed by atoms with E-state index >= 15 is 0 Å². The van der Waals surface area contributed by atoms with Crippen LogP contribution in [0.15, 0.2) is 0 Å². The van der Waals surface area contributed by atoms with Crippen LogP contribution in [0.1, 0.15) is 99.8 Å². The fourth-order valence-corrected chi connectivity index (χ4v) is 13.2. The number of aliphatic hydroxyl groups is 3. The predicted molar refractivity (Wildman–Crippen MR) is 169 cm³/mol. The van der Waals surface area contributed by atoms with E-state index in [9.17, 15) is 15.3 Å². The zero-order valence-corrected chi connectivity index (χ0v) is 29.6. The summed E-state index contributed by atoms with van der Waals surface area (Å²) in [5.74, 6) is 1.70. The maximum atomic E-state index is 12.4. The van der Waals surface area contributed by atoms with Crippen molar-refractivity contribution in [2.75, 3.05) is 26.7 Å². The van der Waals surface area contributed by atoms with E-state index in [0.29, 0.717) is 28.6 Å². The summed E-state index contributed by atoms with van der Waals surface area (Å²) in [5, 5.41) is 34.0. The Labute approximate surface area is 273 Å². The number of hydrogen-bond acceptors (Lipinski definition) is 9. The van der Waals surface area contributed by atoms with Crippen LogP contribution < -0.4 is 0 Å². The molecule has 0 bridgehead atoms. The van der Waals surface area contributed by atoms with Gasteiger partial charge in [-0.3, -0.25) is 4.90 Å². The molecule has 4 unspecified atom stereocenters. The van der Waals surface area contributed by atoms with Crippen LogP contribution in [0, 0.1) is 50.7 Å². The Morgan fingerprint density at radius 2 is 1.67 bits per heavy atom. The molecule has 2 heterocycles. The lowest BCUT2D eigenvalue weighted by molar-refractivity contribution is -0.247. The van der Waals surface area contributed by atoms with Gasteiger partial charge in [0.15, 0.2) is 6.29 Å². The average Bonchev–Trinajstić information content (AvgIpc) is 3.59. The monoisotopic (exact) mass is 653 g/mol. The topological polar surface area (TPSA) is 126 Å². The summed E-state index contributed by atoms with van der Waals surface area (Å²) >= 11 is -0.750. The number of hydrogen-bond donors (Lipinski definition) is 3. The molecule has 258 valence electrons. The van der Waals surface area contributed by atoms with Crippen molar-refractivity contribution in [2.45, 2.75) is 142 Å². The van der Waals surface area contributed by atoms with Crippen molar-refractivity contribution in [3.8, 4) is 0 Å². The number of ether oxygens (including phenoxy) is 3. The zero-order chi connectivity index (χ0) is 33.0. The van der Waals surface area contributed by atoms with Gasteiger partial charge in [-0.25, -0.2) is 0 Å². The van der Waals surface area contributed by atoms with E-state index in [1.165, 1.54) is 25.7 Å². The van der Waals surface area contributed by atoms with Gasteiger partial charge in [0.05, 0.1) is 36.6 Å². The van der Waals surface area contributed by atoms with Crippen molar-refractivity contribution < 1.29 is 37.9 Å². The lowest BCUT2D eigenvalue weighted by Crippen LogP contribution is -2.60. The highest BCUT2D eigenvalue weighted by Gasteiger charge is 2.84. The maximum Gasteiger partial charge on any atom is 0.335 e. The van der Waals surface area contributed by atoms with Gasteiger partial charge in [0, 0.05) is 18.5 Å². The minimum atomic E-state index is -1.24. The minimum absolute atomic E-state index is 0.00608. The third-order valence-electron chi connectivity index (χ3n) is 15.4. The molecule has 0 aromatic carbocycles. The highest BCUT2D eigenvalue weighted by molar-refractivity contribution is 7.51. The number of rotatable bonds is 4. The van der Waals surface area contributed by atoms with Crippen molar-refractivity contribution in [3.05, 3.63) is 0 Å². The van der Waals surface area contributed by atoms with E-state index in [0.717, 1.165) is 45.4 Å². The second-order valence-electron chi connectivity index (χ2n) is 17.9. The van der Waals surface area contributed by atoms with E-state index in [1.54, 1.807) is 13.8 Å². The Bertz CT molecular complexity index is 1170. The van der Waals surface area contributed by atoms with Crippen molar-refractivity contribution >= 4 is 11.6 Å². The molecule has 45 heavy (non-hydrogen) atoms. The molecule has 2 saturated heterocycles. The van der Waals surface area contributed by atoms with Crippen LogP contribution >= 0.6 is 0 Å². The van der Waals surface area contributed by atoms with Crippen LogP contribution in [-0.2, 0) is 25.8 Å². The molecule has 0 aromatic rings. The number of nitrogens with zero attached hydrogens (tertiary/aromatic N) is 1. The molecular formula is C35H59NO8S. The molecule has 10 heteroatoms. The first-order chi connectivity index (χ1) is 20.9. The quantitative estimate of drug-likeness (QED) is 0.414. The second kappa shape index (κ2) is 11.3. The summed E-state index contributed by atoms with van der Waals surface area (Å²) in [4.78, 5) is 2.31. The Morgan fingerprint density at radius 3 is 2.31 bits per heavy atom. The number of aliphatic hydroxyl groups excluding tert-OH is 2. The highest BCUT2D eigenvalue weighted by Crippen LogP contribution is 2.89. The van der Waals surface area contributed by atoms with Gasteiger partial charge in [-0.15, -0.1) is 0 Å². The Kier molecular flexibility index (Phi) is 8.63. The second-order valence-corrected chi connectivity index (χ2v) is 18.0. The third-order valence-corrected chi connectivity index (χ3v) is 15.4. The van der Waals surface area contributed by atoms with Gasteiger partial charge >= 0.3 is 11.6 Å². The molecular weight excluding hydrogens is 594 g/mol. The normalized spacial score (nSPS) is 52.5. The zero-order valence-electron chi connectivity index (χ0n) is 28.8. The van der Waals surface area contributed by atoms with Gasteiger partial charge in [-0.05, 0) is 118 Å². The predicted octanol–water partition coefficient (Wildman–Crippen LogP) is 3.93. The first kappa shape index (κ1) is 34.4. The van der Waals surface area contributed by atoms with E-state index in [4.69, 9.17) is 22.6 Å². The van der Waals surface area contributed by atoms with Crippen LogP contribution in [0.3, 0.4) is 0 Å². The Balaban J connectivity index is 0.00000115. The van der Waals surface area contributed by atoms with Gasteiger partial charge < -0.3 is 29.5 Å². The average molecular weight is 654 g/mol. The SMILES string of the molecule is C[C@@H]1CC([C@H](O)C(C)(C)O)OC2[C@H]1[C@@]1(C)CC[C@@]34C[C@@]35CCC(O[C@H]3CN(C)CCO3)C(C)(C)[C@@H]5CCC4[C@]1(C)[C@H]2O.O=S=O. The molecule has 3 N–H and O–H groups in total. The van der Waals surface area contributed by atoms with Crippen LogP contribution in [0.5, 0.6) is 0 Å². The molecule has 5 saturated carbocycles. The van der Waals surface area contributed by atoms with Gasteiger partial charge in [-0.2, -0.15) is 8.42 Å². The summed E-state index contributed by atoms with van der Waals surface area (Å²) in [5.41, 5.74) is -0.721.